The lowest BCUT2D eigenvalue weighted by Crippen LogP contribution is -2.64. The maximum atomic E-state index is 12.2. The van der Waals surface area contributed by atoms with Crippen molar-refractivity contribution < 1.29 is 19.8 Å². The molecule has 4 atom stereocenters. The Hall–Kier alpha value is -1.68. The van der Waals surface area contributed by atoms with Crippen molar-refractivity contribution in [1.29, 1.82) is 0 Å². The molecule has 4 rings (SSSR count). The van der Waals surface area contributed by atoms with Gasteiger partial charge in [0.25, 0.3) is 0 Å². The van der Waals surface area contributed by atoms with Gasteiger partial charge >= 0.3 is 0 Å². The number of hydrogen-bond acceptors (Lipinski definition) is 4. The molecule has 4 aliphatic rings. The number of aliphatic hydroxyl groups is 2. The molecular weight excluding hydrogens is 280 g/mol. The van der Waals surface area contributed by atoms with Crippen LogP contribution in [-0.4, -0.2) is 27.4 Å². The van der Waals surface area contributed by atoms with Crippen LogP contribution in [-0.2, 0) is 9.59 Å². The van der Waals surface area contributed by atoms with E-state index in [0.717, 1.165) is 12.0 Å². The standard InChI is InChI=1S/C18H20O4/c1-10-4-6-17-9-12(19)5-7-18(17,22)13(10)8-11-2-3-14(20)16(21)15(11)17/h2-3,8,10,13,21-22H,4-7,9H2,1H3/t10-,13-,17+,18+/m0/s1. The largest absolute Gasteiger partial charge is 0.504 e. The van der Waals surface area contributed by atoms with Crippen LogP contribution in [0.2, 0.25) is 0 Å². The third kappa shape index (κ3) is 1.46. The molecule has 2 N–H and O–H groups in total. The van der Waals surface area contributed by atoms with Crippen LogP contribution >= 0.6 is 0 Å². The molecule has 0 aromatic heterocycles. The van der Waals surface area contributed by atoms with Crippen molar-refractivity contribution in [1.82, 2.24) is 0 Å². The highest BCUT2D eigenvalue weighted by Crippen LogP contribution is 2.65. The zero-order valence-corrected chi connectivity index (χ0v) is 12.6. The van der Waals surface area contributed by atoms with E-state index in [-0.39, 0.29) is 23.9 Å². The van der Waals surface area contributed by atoms with Crippen LogP contribution in [0.5, 0.6) is 0 Å². The Bertz CT molecular complexity index is 683. The molecule has 116 valence electrons. The van der Waals surface area contributed by atoms with E-state index in [0.29, 0.717) is 30.8 Å². The van der Waals surface area contributed by atoms with Crippen molar-refractivity contribution >= 4 is 11.6 Å². The van der Waals surface area contributed by atoms with Gasteiger partial charge in [0.1, 0.15) is 5.78 Å². The Labute approximate surface area is 129 Å². The molecule has 4 nitrogen and oxygen atoms in total. The summed E-state index contributed by atoms with van der Waals surface area (Å²) in [4.78, 5) is 24.1. The minimum atomic E-state index is -1.03. The SMILES string of the molecule is C[C@H]1CC[C@]23CC(=O)CC[C@@]2(O)[C@H]1C=C1C=CC(=O)C(O)=C13. The van der Waals surface area contributed by atoms with Crippen molar-refractivity contribution in [2.75, 3.05) is 0 Å². The summed E-state index contributed by atoms with van der Waals surface area (Å²) in [5, 5.41) is 21.9. The van der Waals surface area contributed by atoms with Gasteiger partial charge in [-0.1, -0.05) is 19.1 Å². The Morgan fingerprint density at radius 3 is 2.77 bits per heavy atom. The maximum absolute atomic E-state index is 12.2. The minimum Gasteiger partial charge on any atom is -0.504 e. The number of carbonyl (C=O) groups is 2. The van der Waals surface area contributed by atoms with E-state index in [2.05, 4.69) is 6.92 Å². The summed E-state index contributed by atoms with van der Waals surface area (Å²) < 4.78 is 0. The van der Waals surface area contributed by atoms with E-state index in [4.69, 9.17) is 0 Å². The average Bonchev–Trinajstić information content (AvgIpc) is 2.47. The van der Waals surface area contributed by atoms with Crippen LogP contribution in [0.4, 0.5) is 0 Å². The van der Waals surface area contributed by atoms with Gasteiger partial charge in [-0.05, 0) is 36.8 Å². The third-order valence-corrected chi connectivity index (χ3v) is 6.31. The number of aliphatic hydroxyl groups excluding tert-OH is 1. The lowest BCUT2D eigenvalue weighted by molar-refractivity contribution is -0.174. The van der Waals surface area contributed by atoms with Crippen molar-refractivity contribution in [3.63, 3.8) is 0 Å². The molecule has 0 aromatic rings. The molecule has 0 spiro atoms. The van der Waals surface area contributed by atoms with Crippen molar-refractivity contribution in [2.45, 2.75) is 44.6 Å². The van der Waals surface area contributed by atoms with Crippen LogP contribution in [0.25, 0.3) is 0 Å². The van der Waals surface area contributed by atoms with Crippen LogP contribution in [0.3, 0.4) is 0 Å². The van der Waals surface area contributed by atoms with E-state index >= 15 is 0 Å². The Morgan fingerprint density at radius 2 is 2.00 bits per heavy atom. The van der Waals surface area contributed by atoms with Crippen LogP contribution < -0.4 is 0 Å². The summed E-state index contributed by atoms with van der Waals surface area (Å²) in [5.74, 6) is -0.303. The average molecular weight is 300 g/mol. The first-order valence-corrected chi connectivity index (χ1v) is 8.01. The molecule has 2 saturated carbocycles. The number of hydrogen-bond donors (Lipinski definition) is 2. The molecule has 0 saturated heterocycles. The predicted molar refractivity (Wildman–Crippen MR) is 80.0 cm³/mol. The summed E-state index contributed by atoms with van der Waals surface area (Å²) in [5.41, 5.74) is -0.503. The second kappa shape index (κ2) is 4.19. The van der Waals surface area contributed by atoms with Gasteiger partial charge in [0.2, 0.25) is 5.78 Å². The number of Topliss-reactive ketones (excluding diaryl/α,β-unsaturated/α-hetero) is 1. The number of fused-ring (bicyclic) bond motifs is 1. The molecule has 4 heteroatoms. The molecule has 2 bridgehead atoms. The molecular formula is C18H20O4. The fourth-order valence-corrected chi connectivity index (χ4v) is 5.22. The lowest BCUT2D eigenvalue weighted by atomic mass is 9.44. The summed E-state index contributed by atoms with van der Waals surface area (Å²) in [7, 11) is 0. The van der Waals surface area contributed by atoms with Crippen LogP contribution in [0, 0.1) is 17.3 Å². The molecule has 0 aromatic carbocycles. The molecule has 4 aliphatic carbocycles. The van der Waals surface area contributed by atoms with Gasteiger partial charge in [-0.2, -0.15) is 0 Å². The quantitative estimate of drug-likeness (QED) is 0.720. The van der Waals surface area contributed by atoms with Crippen LogP contribution in [0.1, 0.15) is 39.0 Å². The van der Waals surface area contributed by atoms with Crippen molar-refractivity contribution in [3.8, 4) is 0 Å². The topological polar surface area (TPSA) is 74.6 Å². The monoisotopic (exact) mass is 300 g/mol. The first kappa shape index (κ1) is 13.9. The number of ketones is 2. The van der Waals surface area contributed by atoms with Gasteiger partial charge < -0.3 is 10.2 Å². The second-order valence-corrected chi connectivity index (χ2v) is 7.31. The molecule has 0 heterocycles. The summed E-state index contributed by atoms with van der Waals surface area (Å²) >= 11 is 0. The highest BCUT2D eigenvalue weighted by molar-refractivity contribution is 6.05. The molecule has 0 radical (unpaired) electrons. The Morgan fingerprint density at radius 1 is 1.23 bits per heavy atom. The first-order chi connectivity index (χ1) is 10.4. The Balaban J connectivity index is 2.03. The van der Waals surface area contributed by atoms with Crippen LogP contribution in [0.15, 0.2) is 35.1 Å². The first-order valence-electron chi connectivity index (χ1n) is 8.01. The highest BCUT2D eigenvalue weighted by atomic mass is 16.3. The summed E-state index contributed by atoms with van der Waals surface area (Å²) in [6, 6.07) is 0. The summed E-state index contributed by atoms with van der Waals surface area (Å²) in [6.07, 6.45) is 7.65. The smallest absolute Gasteiger partial charge is 0.220 e. The van der Waals surface area contributed by atoms with E-state index in [1.54, 1.807) is 6.08 Å². The maximum Gasteiger partial charge on any atom is 0.220 e. The number of rotatable bonds is 0. The number of allylic oxidation sites excluding steroid dienone is 3. The van der Waals surface area contributed by atoms with Gasteiger partial charge in [-0.25, -0.2) is 0 Å². The molecule has 0 amide bonds. The van der Waals surface area contributed by atoms with Gasteiger partial charge in [-0.15, -0.1) is 0 Å². The summed E-state index contributed by atoms with van der Waals surface area (Å²) in [6.45, 7) is 2.13. The van der Waals surface area contributed by atoms with Gasteiger partial charge in [0.05, 0.1) is 5.60 Å². The fourth-order valence-electron chi connectivity index (χ4n) is 5.22. The Kier molecular flexibility index (Phi) is 2.66. The lowest BCUT2D eigenvalue weighted by Gasteiger charge is -2.61. The highest BCUT2D eigenvalue weighted by Gasteiger charge is 2.65. The van der Waals surface area contributed by atoms with E-state index in [1.165, 1.54) is 6.08 Å². The van der Waals surface area contributed by atoms with E-state index in [1.807, 2.05) is 6.08 Å². The van der Waals surface area contributed by atoms with E-state index in [9.17, 15) is 19.8 Å². The molecule has 22 heavy (non-hydrogen) atoms. The molecule has 0 aliphatic heterocycles. The van der Waals surface area contributed by atoms with Gasteiger partial charge in [-0.3, -0.25) is 9.59 Å². The molecule has 2 fully saturated rings. The van der Waals surface area contributed by atoms with E-state index < -0.39 is 16.8 Å². The van der Waals surface area contributed by atoms with Gasteiger partial charge in [0, 0.05) is 29.7 Å². The predicted octanol–water partition coefficient (Wildman–Crippen LogP) is 2.39. The van der Waals surface area contributed by atoms with Gasteiger partial charge in [0.15, 0.2) is 5.76 Å². The zero-order valence-electron chi connectivity index (χ0n) is 12.6. The number of carbonyl (C=O) groups excluding carboxylic acids is 2. The second-order valence-electron chi connectivity index (χ2n) is 7.31. The normalized spacial score (nSPS) is 43.6. The van der Waals surface area contributed by atoms with Crippen molar-refractivity contribution in [3.05, 3.63) is 35.1 Å². The van der Waals surface area contributed by atoms with Crippen molar-refractivity contribution in [2.24, 2.45) is 17.3 Å². The minimum absolute atomic E-state index is 0.0289. The molecule has 0 unspecified atom stereocenters. The third-order valence-electron chi connectivity index (χ3n) is 6.31. The zero-order chi connectivity index (χ0) is 15.7. The fraction of sp³-hybridized carbons (Fsp3) is 0.556.